The van der Waals surface area contributed by atoms with E-state index < -0.39 is 5.97 Å². The van der Waals surface area contributed by atoms with Crippen molar-refractivity contribution in [2.75, 3.05) is 0 Å². The third-order valence-electron chi connectivity index (χ3n) is 2.69. The van der Waals surface area contributed by atoms with Gasteiger partial charge < -0.3 is 5.11 Å². The smallest absolute Gasteiger partial charge is 0.304 e. The first kappa shape index (κ1) is 16.0. The van der Waals surface area contributed by atoms with Gasteiger partial charge in [0.05, 0.1) is 6.42 Å². The lowest BCUT2D eigenvalue weighted by Crippen LogP contribution is -2.06. The molecule has 2 nitrogen and oxygen atoms in total. The predicted octanol–water partition coefficient (Wildman–Crippen LogP) is 4.61. The van der Waals surface area contributed by atoms with Crippen LogP contribution in [0.5, 0.6) is 0 Å². The van der Waals surface area contributed by atoms with Crippen LogP contribution in [-0.2, 0) is 4.79 Å². The lowest BCUT2D eigenvalue weighted by molar-refractivity contribution is -0.136. The number of aliphatic carboxylic acids is 1. The normalized spacial score (nSPS) is 13.0. The Balaban J connectivity index is 3.17. The van der Waals surface area contributed by atoms with Crippen LogP contribution in [0.1, 0.15) is 65.2 Å². The van der Waals surface area contributed by atoms with Crippen molar-refractivity contribution in [2.45, 2.75) is 70.0 Å². The van der Waals surface area contributed by atoms with Crippen molar-refractivity contribution >= 4 is 21.9 Å². The third-order valence-corrected chi connectivity index (χ3v) is 3.48. The molecule has 0 fully saturated rings. The van der Waals surface area contributed by atoms with Gasteiger partial charge >= 0.3 is 5.97 Å². The highest BCUT2D eigenvalue weighted by atomic mass is 79.9. The number of halogens is 1. The van der Waals surface area contributed by atoms with Gasteiger partial charge in [0.25, 0.3) is 0 Å². The van der Waals surface area contributed by atoms with E-state index in [0.717, 1.165) is 18.8 Å². The SMILES string of the molecule is CC(C)CCCCCCCC(Br)CC(=O)O. The van der Waals surface area contributed by atoms with Crippen molar-refractivity contribution in [3.8, 4) is 0 Å². The van der Waals surface area contributed by atoms with Crippen molar-refractivity contribution in [1.29, 1.82) is 0 Å². The summed E-state index contributed by atoms with van der Waals surface area (Å²) >= 11 is 3.40. The molecule has 0 aliphatic rings. The van der Waals surface area contributed by atoms with Gasteiger partial charge in [-0.15, -0.1) is 0 Å². The molecular weight excluding hydrogens is 268 g/mol. The molecule has 0 aliphatic carbocycles. The minimum absolute atomic E-state index is 0.153. The molecule has 1 unspecified atom stereocenters. The van der Waals surface area contributed by atoms with E-state index in [1.165, 1.54) is 32.1 Å². The second kappa shape index (κ2) is 10.1. The van der Waals surface area contributed by atoms with Crippen LogP contribution in [0.2, 0.25) is 0 Å². The average molecular weight is 293 g/mol. The number of rotatable bonds is 10. The summed E-state index contributed by atoms with van der Waals surface area (Å²) in [6.07, 6.45) is 8.89. The van der Waals surface area contributed by atoms with Crippen LogP contribution >= 0.6 is 15.9 Å². The Hall–Kier alpha value is -0.0500. The van der Waals surface area contributed by atoms with Crippen LogP contribution in [0.25, 0.3) is 0 Å². The molecule has 0 bridgehead atoms. The highest BCUT2D eigenvalue weighted by Gasteiger charge is 2.08. The number of hydrogen-bond acceptors (Lipinski definition) is 1. The Kier molecular flexibility index (Phi) is 10.1. The molecule has 3 heteroatoms. The lowest BCUT2D eigenvalue weighted by Gasteiger charge is -2.07. The zero-order valence-corrected chi connectivity index (χ0v) is 12.1. The molecule has 0 rings (SSSR count). The van der Waals surface area contributed by atoms with Crippen LogP contribution in [0.4, 0.5) is 0 Å². The minimum Gasteiger partial charge on any atom is -0.481 e. The van der Waals surface area contributed by atoms with Crippen LogP contribution in [-0.4, -0.2) is 15.9 Å². The number of carboxylic acids is 1. The largest absolute Gasteiger partial charge is 0.481 e. The second-order valence-corrected chi connectivity index (χ2v) is 6.23. The summed E-state index contributed by atoms with van der Waals surface area (Å²) in [5.74, 6) is 0.112. The van der Waals surface area contributed by atoms with Gasteiger partial charge in [0.15, 0.2) is 0 Å². The summed E-state index contributed by atoms with van der Waals surface area (Å²) in [7, 11) is 0. The Morgan fingerprint density at radius 2 is 1.56 bits per heavy atom. The van der Waals surface area contributed by atoms with Crippen LogP contribution in [0.3, 0.4) is 0 Å². The van der Waals surface area contributed by atoms with Gasteiger partial charge in [-0.3, -0.25) is 4.79 Å². The fraction of sp³-hybridized carbons (Fsp3) is 0.923. The van der Waals surface area contributed by atoms with Crippen molar-refractivity contribution in [3.05, 3.63) is 0 Å². The van der Waals surface area contributed by atoms with Gasteiger partial charge in [-0.05, 0) is 12.3 Å². The van der Waals surface area contributed by atoms with E-state index >= 15 is 0 Å². The van der Waals surface area contributed by atoms with Crippen molar-refractivity contribution in [2.24, 2.45) is 5.92 Å². The van der Waals surface area contributed by atoms with Crippen LogP contribution in [0.15, 0.2) is 0 Å². The van der Waals surface area contributed by atoms with Crippen molar-refractivity contribution in [3.63, 3.8) is 0 Å². The molecule has 0 aromatic carbocycles. The summed E-state index contributed by atoms with van der Waals surface area (Å²) in [6.45, 7) is 4.53. The molecule has 0 radical (unpaired) electrons. The molecule has 0 aromatic heterocycles. The number of carbonyl (C=O) groups is 1. The van der Waals surface area contributed by atoms with E-state index in [1.807, 2.05) is 0 Å². The second-order valence-electron chi connectivity index (χ2n) is 4.93. The Morgan fingerprint density at radius 3 is 2.06 bits per heavy atom. The molecule has 96 valence electrons. The summed E-state index contributed by atoms with van der Waals surface area (Å²) in [5, 5.41) is 8.58. The number of alkyl halides is 1. The van der Waals surface area contributed by atoms with E-state index in [2.05, 4.69) is 29.8 Å². The molecule has 16 heavy (non-hydrogen) atoms. The van der Waals surface area contributed by atoms with Crippen molar-refractivity contribution < 1.29 is 9.90 Å². The number of carboxylic acid groups (broad SMARTS) is 1. The topological polar surface area (TPSA) is 37.3 Å². The predicted molar refractivity (Wildman–Crippen MR) is 72.1 cm³/mol. The fourth-order valence-corrected chi connectivity index (χ4v) is 2.34. The van der Waals surface area contributed by atoms with Crippen LogP contribution in [0, 0.1) is 5.92 Å². The number of unbranched alkanes of at least 4 members (excludes halogenated alkanes) is 4. The van der Waals surface area contributed by atoms with E-state index in [1.54, 1.807) is 0 Å². The fourth-order valence-electron chi connectivity index (χ4n) is 1.74. The molecule has 0 aromatic rings. The van der Waals surface area contributed by atoms with E-state index in [4.69, 9.17) is 5.11 Å². The van der Waals surface area contributed by atoms with Crippen molar-refractivity contribution in [1.82, 2.24) is 0 Å². The molecule has 0 saturated heterocycles. The molecule has 0 amide bonds. The van der Waals surface area contributed by atoms with Gasteiger partial charge in [-0.25, -0.2) is 0 Å². The maximum Gasteiger partial charge on any atom is 0.304 e. The summed E-state index contributed by atoms with van der Waals surface area (Å²) in [5.41, 5.74) is 0. The highest BCUT2D eigenvalue weighted by molar-refractivity contribution is 9.09. The summed E-state index contributed by atoms with van der Waals surface area (Å²) in [6, 6.07) is 0. The first-order chi connectivity index (χ1) is 7.52. The van der Waals surface area contributed by atoms with Gasteiger partial charge in [0, 0.05) is 4.83 Å². The maximum absolute atomic E-state index is 10.4. The Labute approximate surface area is 108 Å². The first-order valence-corrected chi connectivity index (χ1v) is 7.29. The highest BCUT2D eigenvalue weighted by Crippen LogP contribution is 2.16. The maximum atomic E-state index is 10.4. The molecule has 0 aliphatic heterocycles. The monoisotopic (exact) mass is 292 g/mol. The van der Waals surface area contributed by atoms with E-state index in [9.17, 15) is 4.79 Å². The molecule has 0 heterocycles. The molecule has 1 N–H and O–H groups in total. The molecular formula is C13H25BrO2. The minimum atomic E-state index is -0.709. The average Bonchev–Trinajstić information content (AvgIpc) is 2.14. The standard InChI is InChI=1S/C13H25BrO2/c1-11(2)8-6-4-3-5-7-9-12(14)10-13(15)16/h11-12H,3-10H2,1-2H3,(H,15,16). The van der Waals surface area contributed by atoms with E-state index in [0.29, 0.717) is 0 Å². The molecule has 1 atom stereocenters. The zero-order chi connectivity index (χ0) is 12.4. The molecule has 0 spiro atoms. The van der Waals surface area contributed by atoms with Gasteiger partial charge in [0.2, 0.25) is 0 Å². The zero-order valence-electron chi connectivity index (χ0n) is 10.5. The number of hydrogen-bond donors (Lipinski definition) is 1. The lowest BCUT2D eigenvalue weighted by atomic mass is 10.0. The van der Waals surface area contributed by atoms with Gasteiger partial charge in [-0.1, -0.05) is 68.3 Å². The third kappa shape index (κ3) is 12.0. The Bertz CT molecular complexity index is 181. The van der Waals surface area contributed by atoms with E-state index in [-0.39, 0.29) is 11.2 Å². The Morgan fingerprint density at radius 1 is 1.06 bits per heavy atom. The summed E-state index contributed by atoms with van der Waals surface area (Å²) < 4.78 is 0. The van der Waals surface area contributed by atoms with Gasteiger partial charge in [-0.2, -0.15) is 0 Å². The molecule has 0 saturated carbocycles. The summed E-state index contributed by atoms with van der Waals surface area (Å²) in [4.78, 5) is 10.6. The van der Waals surface area contributed by atoms with Gasteiger partial charge in [0.1, 0.15) is 0 Å². The van der Waals surface area contributed by atoms with Crippen LogP contribution < -0.4 is 0 Å². The first-order valence-electron chi connectivity index (χ1n) is 6.38. The quantitative estimate of drug-likeness (QED) is 0.471.